The molecule has 8 nitrogen and oxygen atoms in total. The number of nitrogens with one attached hydrogen (secondary N) is 2. The molecule has 154 valence electrons. The van der Waals surface area contributed by atoms with Gasteiger partial charge >= 0.3 is 18.2 Å². The SMILES string of the molecule is COC(=O)N[C@H](/C(C(=O)OC)=C(\C)NC(=O)OC(C)(C)C)c1ccc(Cl)cc1. The molecule has 0 bridgehead atoms. The summed E-state index contributed by atoms with van der Waals surface area (Å²) < 4.78 is 14.7. The second-order valence-electron chi connectivity index (χ2n) is 6.78. The van der Waals surface area contributed by atoms with Crippen LogP contribution >= 0.6 is 11.6 Å². The molecule has 0 spiro atoms. The monoisotopic (exact) mass is 412 g/mol. The molecular formula is C19H25ClN2O6. The third kappa shape index (κ3) is 7.11. The number of ether oxygens (including phenoxy) is 3. The van der Waals surface area contributed by atoms with Gasteiger partial charge in [0.05, 0.1) is 25.8 Å². The van der Waals surface area contributed by atoms with Crippen molar-refractivity contribution >= 4 is 29.8 Å². The number of hydrogen-bond donors (Lipinski definition) is 2. The van der Waals surface area contributed by atoms with Crippen LogP contribution in [0.25, 0.3) is 0 Å². The highest BCUT2D eigenvalue weighted by Gasteiger charge is 2.29. The average Bonchev–Trinajstić information content (AvgIpc) is 2.59. The lowest BCUT2D eigenvalue weighted by atomic mass is 9.97. The summed E-state index contributed by atoms with van der Waals surface area (Å²) in [5, 5.41) is 5.55. The lowest BCUT2D eigenvalue weighted by molar-refractivity contribution is -0.136. The molecule has 1 aromatic carbocycles. The van der Waals surface area contributed by atoms with Gasteiger partial charge < -0.3 is 19.5 Å². The Morgan fingerprint density at radius 2 is 1.57 bits per heavy atom. The molecule has 9 heteroatoms. The van der Waals surface area contributed by atoms with Crippen molar-refractivity contribution in [2.24, 2.45) is 0 Å². The average molecular weight is 413 g/mol. The fourth-order valence-corrected chi connectivity index (χ4v) is 2.40. The first-order valence-electron chi connectivity index (χ1n) is 8.37. The number of methoxy groups -OCH3 is 2. The smallest absolute Gasteiger partial charge is 0.411 e. The zero-order valence-corrected chi connectivity index (χ0v) is 17.5. The van der Waals surface area contributed by atoms with E-state index >= 15 is 0 Å². The van der Waals surface area contributed by atoms with E-state index in [2.05, 4.69) is 15.4 Å². The maximum atomic E-state index is 12.5. The van der Waals surface area contributed by atoms with Crippen LogP contribution < -0.4 is 10.6 Å². The molecule has 0 saturated heterocycles. The summed E-state index contributed by atoms with van der Waals surface area (Å²) >= 11 is 5.92. The second kappa shape index (κ2) is 9.98. The number of esters is 1. The third-order valence-electron chi connectivity index (χ3n) is 3.44. The Morgan fingerprint density at radius 1 is 1.00 bits per heavy atom. The molecule has 0 aliphatic carbocycles. The van der Waals surface area contributed by atoms with Crippen molar-refractivity contribution in [1.82, 2.24) is 10.6 Å². The Balaban J connectivity index is 3.39. The summed E-state index contributed by atoms with van der Waals surface area (Å²) in [4.78, 5) is 36.5. The van der Waals surface area contributed by atoms with Gasteiger partial charge in [-0.15, -0.1) is 0 Å². The van der Waals surface area contributed by atoms with Crippen molar-refractivity contribution < 1.29 is 28.6 Å². The van der Waals surface area contributed by atoms with Gasteiger partial charge in [-0.25, -0.2) is 14.4 Å². The topological polar surface area (TPSA) is 103 Å². The van der Waals surface area contributed by atoms with E-state index in [0.29, 0.717) is 10.6 Å². The van der Waals surface area contributed by atoms with E-state index in [0.717, 1.165) is 0 Å². The van der Waals surface area contributed by atoms with Crippen molar-refractivity contribution in [3.05, 3.63) is 46.1 Å². The first kappa shape index (κ1) is 23.3. The summed E-state index contributed by atoms with van der Waals surface area (Å²) in [6.45, 7) is 6.63. The molecule has 0 aromatic heterocycles. The maximum Gasteiger partial charge on any atom is 0.411 e. The number of amides is 2. The minimum atomic E-state index is -0.966. The van der Waals surface area contributed by atoms with Crippen molar-refractivity contribution in [2.45, 2.75) is 39.3 Å². The Hall–Kier alpha value is -2.74. The van der Waals surface area contributed by atoms with Crippen molar-refractivity contribution in [1.29, 1.82) is 0 Å². The third-order valence-corrected chi connectivity index (χ3v) is 3.69. The minimum Gasteiger partial charge on any atom is -0.466 e. The van der Waals surface area contributed by atoms with Gasteiger partial charge in [-0.2, -0.15) is 0 Å². The maximum absolute atomic E-state index is 12.5. The molecule has 1 aromatic rings. The molecule has 2 N–H and O–H groups in total. The number of carbonyl (C=O) groups is 3. The summed E-state index contributed by atoms with van der Waals surface area (Å²) in [5.41, 5.74) is -0.0469. The lowest BCUT2D eigenvalue weighted by Crippen LogP contribution is -2.36. The van der Waals surface area contributed by atoms with E-state index in [9.17, 15) is 14.4 Å². The van der Waals surface area contributed by atoms with E-state index in [-0.39, 0.29) is 11.3 Å². The highest BCUT2D eigenvalue weighted by Crippen LogP contribution is 2.26. The van der Waals surface area contributed by atoms with Gasteiger partial charge in [-0.1, -0.05) is 23.7 Å². The number of alkyl carbamates (subject to hydrolysis) is 2. The summed E-state index contributed by atoms with van der Waals surface area (Å²) in [5.74, 6) is -0.745. The molecule has 0 fully saturated rings. The molecule has 28 heavy (non-hydrogen) atoms. The Labute approximate surface area is 169 Å². The number of allylic oxidation sites excluding steroid dienone is 1. The van der Waals surface area contributed by atoms with E-state index in [1.807, 2.05) is 0 Å². The van der Waals surface area contributed by atoms with Crippen molar-refractivity contribution in [2.75, 3.05) is 14.2 Å². The van der Waals surface area contributed by atoms with Crippen LogP contribution in [0.1, 0.15) is 39.3 Å². The van der Waals surface area contributed by atoms with Crippen LogP contribution in [-0.4, -0.2) is 38.0 Å². The van der Waals surface area contributed by atoms with Gasteiger partial charge in [-0.3, -0.25) is 5.32 Å². The zero-order chi connectivity index (χ0) is 21.5. The molecule has 0 aliphatic heterocycles. The van der Waals surface area contributed by atoms with Crippen LogP contribution in [0.4, 0.5) is 9.59 Å². The number of halogens is 1. The fourth-order valence-electron chi connectivity index (χ4n) is 2.28. The van der Waals surface area contributed by atoms with Crippen LogP contribution in [0, 0.1) is 0 Å². The lowest BCUT2D eigenvalue weighted by Gasteiger charge is -2.24. The van der Waals surface area contributed by atoms with Crippen LogP contribution in [0.3, 0.4) is 0 Å². The van der Waals surface area contributed by atoms with Gasteiger partial charge in [0.15, 0.2) is 0 Å². The standard InChI is InChI=1S/C19H25ClN2O6/c1-11(21-18(25)28-19(2,3)4)14(16(23)26-5)15(22-17(24)27-6)12-7-9-13(20)10-8-12/h7-10,15H,1-6H3,(H,21,25)(H,22,24)/b14-11-/t15-/m0/s1. The Morgan fingerprint density at radius 3 is 2.04 bits per heavy atom. The fraction of sp³-hybridized carbons (Fsp3) is 0.421. The summed E-state index contributed by atoms with van der Waals surface area (Å²) in [6, 6.07) is 5.51. The van der Waals surface area contributed by atoms with E-state index in [4.69, 9.17) is 21.1 Å². The molecule has 0 aliphatic rings. The first-order chi connectivity index (χ1) is 13.0. The molecule has 0 unspecified atom stereocenters. The van der Waals surface area contributed by atoms with Crippen LogP contribution in [0.15, 0.2) is 35.5 Å². The van der Waals surface area contributed by atoms with Gasteiger partial charge in [0, 0.05) is 10.7 Å². The Kier molecular flexibility index (Phi) is 8.31. The van der Waals surface area contributed by atoms with Gasteiger partial charge in [0.25, 0.3) is 0 Å². The van der Waals surface area contributed by atoms with Crippen LogP contribution in [-0.2, 0) is 19.0 Å². The molecular weight excluding hydrogens is 388 g/mol. The summed E-state index contributed by atoms with van der Waals surface area (Å²) in [7, 11) is 2.39. The molecule has 1 atom stereocenters. The largest absolute Gasteiger partial charge is 0.466 e. The highest BCUT2D eigenvalue weighted by molar-refractivity contribution is 6.30. The van der Waals surface area contributed by atoms with Crippen molar-refractivity contribution in [3.8, 4) is 0 Å². The minimum absolute atomic E-state index is 0.00100. The number of rotatable bonds is 5. The molecule has 1 rings (SSSR count). The highest BCUT2D eigenvalue weighted by atomic mass is 35.5. The molecule has 0 heterocycles. The predicted octanol–water partition coefficient (Wildman–Crippen LogP) is 3.71. The normalized spacial score (nSPS) is 13.0. The van der Waals surface area contributed by atoms with Crippen molar-refractivity contribution in [3.63, 3.8) is 0 Å². The second-order valence-corrected chi connectivity index (χ2v) is 7.21. The number of hydrogen-bond acceptors (Lipinski definition) is 6. The summed E-state index contributed by atoms with van der Waals surface area (Å²) in [6.07, 6.45) is -1.52. The van der Waals surface area contributed by atoms with Crippen LogP contribution in [0.5, 0.6) is 0 Å². The first-order valence-corrected chi connectivity index (χ1v) is 8.75. The van der Waals surface area contributed by atoms with Gasteiger partial charge in [0.2, 0.25) is 0 Å². The van der Waals surface area contributed by atoms with Gasteiger partial charge in [0.1, 0.15) is 5.60 Å². The zero-order valence-electron chi connectivity index (χ0n) is 16.7. The van der Waals surface area contributed by atoms with E-state index in [1.54, 1.807) is 45.0 Å². The molecule has 2 amide bonds. The molecule has 0 saturated carbocycles. The number of carbonyl (C=O) groups excluding carboxylic acids is 3. The van der Waals surface area contributed by atoms with Crippen LogP contribution in [0.2, 0.25) is 5.02 Å². The molecule has 0 radical (unpaired) electrons. The van der Waals surface area contributed by atoms with E-state index < -0.39 is 29.8 Å². The Bertz CT molecular complexity index is 753. The predicted molar refractivity (Wildman–Crippen MR) is 104 cm³/mol. The quantitative estimate of drug-likeness (QED) is 0.434. The van der Waals surface area contributed by atoms with E-state index in [1.165, 1.54) is 21.1 Å². The number of benzene rings is 1. The van der Waals surface area contributed by atoms with Gasteiger partial charge in [-0.05, 0) is 45.4 Å².